The second-order valence-electron chi connectivity index (χ2n) is 5.84. The van der Waals surface area contributed by atoms with Crippen molar-refractivity contribution in [1.82, 2.24) is 10.2 Å². The number of rotatable bonds is 1. The van der Waals surface area contributed by atoms with Gasteiger partial charge in [-0.1, -0.05) is 6.42 Å². The molecule has 3 fully saturated rings. The van der Waals surface area contributed by atoms with E-state index in [1.165, 1.54) is 11.3 Å². The largest absolute Gasteiger partial charge is 0.321 e. The Labute approximate surface area is 106 Å². The van der Waals surface area contributed by atoms with Gasteiger partial charge in [-0.15, -0.1) is 0 Å². The lowest BCUT2D eigenvalue weighted by atomic mass is 9.87. The number of hydrogen-bond acceptors (Lipinski definition) is 3. The van der Waals surface area contributed by atoms with Crippen LogP contribution >= 0.6 is 0 Å². The summed E-state index contributed by atoms with van der Waals surface area (Å²) in [6.45, 7) is 1.71. The maximum absolute atomic E-state index is 12.5. The summed E-state index contributed by atoms with van der Waals surface area (Å²) in [7, 11) is 0. The number of imide groups is 1. The van der Waals surface area contributed by atoms with Crippen LogP contribution in [0, 0.1) is 17.8 Å². The van der Waals surface area contributed by atoms with Gasteiger partial charge in [-0.3, -0.25) is 19.7 Å². The Bertz CT molecular complexity index is 420. The van der Waals surface area contributed by atoms with Crippen molar-refractivity contribution in [3.8, 4) is 0 Å². The third-order valence-electron chi connectivity index (χ3n) is 4.76. The summed E-state index contributed by atoms with van der Waals surface area (Å²) >= 11 is 0. The van der Waals surface area contributed by atoms with Crippen molar-refractivity contribution in [3.05, 3.63) is 0 Å². The summed E-state index contributed by atoms with van der Waals surface area (Å²) < 4.78 is 0. The zero-order valence-electron chi connectivity index (χ0n) is 10.5. The van der Waals surface area contributed by atoms with Crippen LogP contribution in [0.15, 0.2) is 0 Å². The minimum atomic E-state index is -0.519. The van der Waals surface area contributed by atoms with Crippen molar-refractivity contribution >= 4 is 17.7 Å². The molecule has 2 bridgehead atoms. The van der Waals surface area contributed by atoms with Crippen LogP contribution in [0.3, 0.4) is 0 Å². The molecule has 0 radical (unpaired) electrons. The standard InChI is InChI=1S/C13H18N2O3/c1-7-12(17)14-11(16)6-15(7)13(18)10-5-8-2-3-9(10)4-8/h7-10H,2-6H2,1H3,(H,14,16,17). The fourth-order valence-corrected chi connectivity index (χ4v) is 3.74. The third-order valence-corrected chi connectivity index (χ3v) is 4.76. The predicted molar refractivity (Wildman–Crippen MR) is 63.3 cm³/mol. The van der Waals surface area contributed by atoms with Crippen molar-refractivity contribution < 1.29 is 14.4 Å². The molecule has 3 aliphatic rings. The summed E-state index contributed by atoms with van der Waals surface area (Å²) in [5.74, 6) is 0.503. The molecule has 0 aromatic carbocycles. The zero-order valence-corrected chi connectivity index (χ0v) is 10.5. The van der Waals surface area contributed by atoms with E-state index >= 15 is 0 Å². The van der Waals surface area contributed by atoms with E-state index in [4.69, 9.17) is 0 Å². The number of nitrogens with zero attached hydrogens (tertiary/aromatic N) is 1. The summed E-state index contributed by atoms with van der Waals surface area (Å²) in [5, 5.41) is 2.27. The lowest BCUT2D eigenvalue weighted by Crippen LogP contribution is -2.59. The molecule has 1 saturated heterocycles. The van der Waals surface area contributed by atoms with Gasteiger partial charge in [0.25, 0.3) is 0 Å². The lowest BCUT2D eigenvalue weighted by Gasteiger charge is -2.35. The Hall–Kier alpha value is -1.39. The molecular formula is C13H18N2O3. The van der Waals surface area contributed by atoms with Crippen LogP contribution in [0.25, 0.3) is 0 Å². The average molecular weight is 250 g/mol. The monoisotopic (exact) mass is 250 g/mol. The molecule has 2 aliphatic carbocycles. The molecule has 4 atom stereocenters. The van der Waals surface area contributed by atoms with Crippen molar-refractivity contribution in [2.24, 2.45) is 17.8 Å². The van der Waals surface area contributed by atoms with Gasteiger partial charge in [0.05, 0.1) is 0 Å². The van der Waals surface area contributed by atoms with E-state index in [0.717, 1.165) is 19.3 Å². The van der Waals surface area contributed by atoms with E-state index in [0.29, 0.717) is 11.8 Å². The van der Waals surface area contributed by atoms with Gasteiger partial charge in [0.15, 0.2) is 0 Å². The molecule has 18 heavy (non-hydrogen) atoms. The number of nitrogens with one attached hydrogen (secondary N) is 1. The molecule has 0 aromatic rings. The number of hydrogen-bond donors (Lipinski definition) is 1. The highest BCUT2D eigenvalue weighted by molar-refractivity contribution is 6.04. The van der Waals surface area contributed by atoms with Gasteiger partial charge in [-0.25, -0.2) is 0 Å². The topological polar surface area (TPSA) is 66.5 Å². The fraction of sp³-hybridized carbons (Fsp3) is 0.769. The molecule has 1 aliphatic heterocycles. The normalized spacial score (nSPS) is 39.1. The van der Waals surface area contributed by atoms with Crippen LogP contribution < -0.4 is 5.32 Å². The van der Waals surface area contributed by atoms with Crippen LogP contribution in [0.4, 0.5) is 0 Å². The zero-order chi connectivity index (χ0) is 12.9. The van der Waals surface area contributed by atoms with E-state index in [2.05, 4.69) is 5.32 Å². The maximum atomic E-state index is 12.5. The Balaban J connectivity index is 1.75. The van der Waals surface area contributed by atoms with E-state index in [1.807, 2.05) is 0 Å². The maximum Gasteiger partial charge on any atom is 0.249 e. The van der Waals surface area contributed by atoms with Crippen LogP contribution in [-0.4, -0.2) is 35.2 Å². The highest BCUT2D eigenvalue weighted by atomic mass is 16.2. The van der Waals surface area contributed by atoms with Crippen LogP contribution in [-0.2, 0) is 14.4 Å². The number of carbonyl (C=O) groups is 3. The predicted octanol–water partition coefficient (Wildman–Crippen LogP) is 0.296. The number of amides is 3. The fourth-order valence-electron chi connectivity index (χ4n) is 3.74. The van der Waals surface area contributed by atoms with Crippen LogP contribution in [0.5, 0.6) is 0 Å². The van der Waals surface area contributed by atoms with E-state index in [1.54, 1.807) is 6.92 Å². The second-order valence-corrected chi connectivity index (χ2v) is 5.84. The van der Waals surface area contributed by atoms with E-state index < -0.39 is 6.04 Å². The second kappa shape index (κ2) is 4.07. The van der Waals surface area contributed by atoms with Crippen LogP contribution in [0.1, 0.15) is 32.6 Å². The van der Waals surface area contributed by atoms with Gasteiger partial charge < -0.3 is 4.90 Å². The first-order chi connectivity index (χ1) is 8.56. The number of fused-ring (bicyclic) bond motifs is 2. The van der Waals surface area contributed by atoms with Gasteiger partial charge >= 0.3 is 0 Å². The van der Waals surface area contributed by atoms with Gasteiger partial charge in [-0.05, 0) is 38.0 Å². The molecule has 2 saturated carbocycles. The molecular weight excluding hydrogens is 232 g/mol. The molecule has 1 heterocycles. The Kier molecular flexibility index (Phi) is 2.64. The van der Waals surface area contributed by atoms with Crippen molar-refractivity contribution in [3.63, 3.8) is 0 Å². The molecule has 5 nitrogen and oxygen atoms in total. The highest BCUT2D eigenvalue weighted by Gasteiger charge is 2.46. The lowest BCUT2D eigenvalue weighted by molar-refractivity contribution is -0.152. The summed E-state index contributed by atoms with van der Waals surface area (Å²) in [4.78, 5) is 36.9. The third kappa shape index (κ3) is 1.72. The molecule has 3 amide bonds. The molecule has 0 spiro atoms. The van der Waals surface area contributed by atoms with Crippen molar-refractivity contribution in [2.45, 2.75) is 38.6 Å². The van der Waals surface area contributed by atoms with Crippen molar-refractivity contribution in [2.75, 3.05) is 6.54 Å². The molecule has 4 unspecified atom stereocenters. The number of carbonyl (C=O) groups excluding carboxylic acids is 3. The van der Waals surface area contributed by atoms with Gasteiger partial charge in [-0.2, -0.15) is 0 Å². The first-order valence-corrected chi connectivity index (χ1v) is 6.70. The first-order valence-electron chi connectivity index (χ1n) is 6.70. The molecule has 0 aromatic heterocycles. The highest BCUT2D eigenvalue weighted by Crippen LogP contribution is 2.49. The minimum Gasteiger partial charge on any atom is -0.321 e. The van der Waals surface area contributed by atoms with Gasteiger partial charge in [0, 0.05) is 5.92 Å². The number of piperazine rings is 1. The first kappa shape index (κ1) is 11.7. The van der Waals surface area contributed by atoms with E-state index in [9.17, 15) is 14.4 Å². The molecule has 1 N–H and O–H groups in total. The Morgan fingerprint density at radius 3 is 2.67 bits per heavy atom. The van der Waals surface area contributed by atoms with Gasteiger partial charge in [0.1, 0.15) is 12.6 Å². The molecule has 3 rings (SSSR count). The summed E-state index contributed by atoms with van der Waals surface area (Å²) in [5.41, 5.74) is 0. The Morgan fingerprint density at radius 2 is 2.06 bits per heavy atom. The van der Waals surface area contributed by atoms with Crippen molar-refractivity contribution in [1.29, 1.82) is 0 Å². The quantitative estimate of drug-likeness (QED) is 0.680. The average Bonchev–Trinajstić information content (AvgIpc) is 2.94. The summed E-state index contributed by atoms with van der Waals surface area (Å²) in [6.07, 6.45) is 4.47. The minimum absolute atomic E-state index is 0.0119. The SMILES string of the molecule is CC1C(=O)NC(=O)CN1C(=O)C1CC2CCC1C2. The van der Waals surface area contributed by atoms with Crippen LogP contribution in [0.2, 0.25) is 0 Å². The summed E-state index contributed by atoms with van der Waals surface area (Å²) in [6, 6.07) is -0.519. The Morgan fingerprint density at radius 1 is 1.28 bits per heavy atom. The molecule has 5 heteroatoms. The smallest absolute Gasteiger partial charge is 0.249 e. The van der Waals surface area contributed by atoms with E-state index in [-0.39, 0.29) is 30.2 Å². The van der Waals surface area contributed by atoms with Gasteiger partial charge in [0.2, 0.25) is 17.7 Å². The molecule has 98 valence electrons.